The molecule has 0 atom stereocenters. The van der Waals surface area contributed by atoms with Gasteiger partial charge in [-0.15, -0.1) is 11.3 Å². The average molecular weight is 440 g/mol. The summed E-state index contributed by atoms with van der Waals surface area (Å²) in [5.74, 6) is -0.0560. The highest BCUT2D eigenvalue weighted by Crippen LogP contribution is 2.28. The van der Waals surface area contributed by atoms with Crippen LogP contribution in [-0.4, -0.2) is 39.0 Å². The van der Waals surface area contributed by atoms with Crippen LogP contribution in [0.2, 0.25) is 0 Å². The van der Waals surface area contributed by atoms with E-state index in [2.05, 4.69) is 41.4 Å². The van der Waals surface area contributed by atoms with Crippen LogP contribution in [0.4, 0.5) is 5.13 Å². The average Bonchev–Trinajstić information content (AvgIpc) is 3.19. The largest absolute Gasteiger partial charge is 0.474 e. The third-order valence-electron chi connectivity index (χ3n) is 4.69. The topological polar surface area (TPSA) is 98.1 Å². The molecule has 0 spiro atoms. The number of carbonyl (C=O) groups excluding carboxylic acids is 2. The SMILES string of the molecule is CC(C)(C)n1ccc(C(=O)NCC(=O)Nc2nc(-c3cccc(OC4CC4)n3)cs2)c1. The number of anilines is 1. The molecule has 0 aliphatic heterocycles. The Morgan fingerprint density at radius 1 is 1.19 bits per heavy atom. The fourth-order valence-corrected chi connectivity index (χ4v) is 3.52. The van der Waals surface area contributed by atoms with E-state index < -0.39 is 0 Å². The quantitative estimate of drug-likeness (QED) is 0.585. The Hall–Kier alpha value is -3.20. The zero-order chi connectivity index (χ0) is 22.0. The summed E-state index contributed by atoms with van der Waals surface area (Å²) >= 11 is 1.30. The second kappa shape index (κ2) is 8.50. The molecule has 3 aromatic heterocycles. The zero-order valence-electron chi connectivity index (χ0n) is 17.7. The van der Waals surface area contributed by atoms with Gasteiger partial charge in [0.2, 0.25) is 11.8 Å². The number of nitrogens with zero attached hydrogens (tertiary/aromatic N) is 3. The molecule has 2 N–H and O–H groups in total. The predicted octanol–water partition coefficient (Wildman–Crippen LogP) is 3.67. The second-order valence-electron chi connectivity index (χ2n) is 8.43. The summed E-state index contributed by atoms with van der Waals surface area (Å²) in [4.78, 5) is 33.4. The number of hydrogen-bond donors (Lipinski definition) is 2. The summed E-state index contributed by atoms with van der Waals surface area (Å²) in [6, 6.07) is 7.29. The summed E-state index contributed by atoms with van der Waals surface area (Å²) in [7, 11) is 0. The number of amides is 2. The Morgan fingerprint density at radius 3 is 2.71 bits per heavy atom. The van der Waals surface area contributed by atoms with Crippen molar-refractivity contribution in [3.05, 3.63) is 47.6 Å². The van der Waals surface area contributed by atoms with Gasteiger partial charge in [-0.1, -0.05) is 6.07 Å². The highest BCUT2D eigenvalue weighted by atomic mass is 32.1. The van der Waals surface area contributed by atoms with Gasteiger partial charge in [-0.25, -0.2) is 9.97 Å². The van der Waals surface area contributed by atoms with Gasteiger partial charge in [-0.3, -0.25) is 9.59 Å². The summed E-state index contributed by atoms with van der Waals surface area (Å²) in [5, 5.41) is 7.63. The van der Waals surface area contributed by atoms with E-state index in [1.54, 1.807) is 12.3 Å². The van der Waals surface area contributed by atoms with Crippen molar-refractivity contribution in [1.29, 1.82) is 0 Å². The molecule has 162 valence electrons. The van der Waals surface area contributed by atoms with E-state index in [9.17, 15) is 9.59 Å². The van der Waals surface area contributed by atoms with E-state index in [1.807, 2.05) is 34.3 Å². The van der Waals surface area contributed by atoms with Gasteiger partial charge in [0.05, 0.1) is 17.8 Å². The molecule has 8 nitrogen and oxygen atoms in total. The fourth-order valence-electron chi connectivity index (χ4n) is 2.80. The molecule has 0 radical (unpaired) electrons. The van der Waals surface area contributed by atoms with Crippen LogP contribution in [0.15, 0.2) is 42.0 Å². The van der Waals surface area contributed by atoms with Crippen LogP contribution in [0.1, 0.15) is 44.0 Å². The molecule has 0 unspecified atom stereocenters. The molecule has 2 amide bonds. The monoisotopic (exact) mass is 439 g/mol. The van der Waals surface area contributed by atoms with Gasteiger partial charge in [0.15, 0.2) is 5.13 Å². The van der Waals surface area contributed by atoms with Gasteiger partial charge in [-0.2, -0.15) is 0 Å². The van der Waals surface area contributed by atoms with Crippen LogP contribution in [0.25, 0.3) is 11.4 Å². The highest BCUT2D eigenvalue weighted by Gasteiger charge is 2.24. The van der Waals surface area contributed by atoms with Crippen molar-refractivity contribution in [2.45, 2.75) is 45.3 Å². The van der Waals surface area contributed by atoms with Gasteiger partial charge in [0, 0.05) is 29.4 Å². The normalized spacial score (nSPS) is 13.6. The van der Waals surface area contributed by atoms with Crippen LogP contribution in [0.5, 0.6) is 5.88 Å². The maximum absolute atomic E-state index is 12.3. The first kappa shape index (κ1) is 21.0. The first-order chi connectivity index (χ1) is 14.8. The summed E-state index contributed by atoms with van der Waals surface area (Å²) in [6.45, 7) is 6.01. The number of thiazole rings is 1. The molecule has 9 heteroatoms. The molecule has 0 bridgehead atoms. The van der Waals surface area contributed by atoms with Crippen LogP contribution in [0, 0.1) is 0 Å². The maximum Gasteiger partial charge on any atom is 0.253 e. The molecule has 1 fully saturated rings. The third-order valence-corrected chi connectivity index (χ3v) is 5.45. The fraction of sp³-hybridized carbons (Fsp3) is 0.364. The number of hydrogen-bond acceptors (Lipinski definition) is 6. The summed E-state index contributed by atoms with van der Waals surface area (Å²) < 4.78 is 7.68. The Labute approximate surface area is 184 Å². The Kier molecular flexibility index (Phi) is 5.77. The molecule has 1 saturated carbocycles. The molecule has 3 aromatic rings. The van der Waals surface area contributed by atoms with Crippen LogP contribution in [-0.2, 0) is 10.3 Å². The van der Waals surface area contributed by atoms with Crippen molar-refractivity contribution in [1.82, 2.24) is 19.9 Å². The molecular weight excluding hydrogens is 414 g/mol. The predicted molar refractivity (Wildman–Crippen MR) is 119 cm³/mol. The van der Waals surface area contributed by atoms with E-state index >= 15 is 0 Å². The number of pyridine rings is 1. The molecule has 4 rings (SSSR count). The van der Waals surface area contributed by atoms with Crippen LogP contribution < -0.4 is 15.4 Å². The number of ether oxygens (including phenoxy) is 1. The number of nitrogens with one attached hydrogen (secondary N) is 2. The highest BCUT2D eigenvalue weighted by molar-refractivity contribution is 7.14. The van der Waals surface area contributed by atoms with Crippen molar-refractivity contribution >= 4 is 28.3 Å². The van der Waals surface area contributed by atoms with Gasteiger partial charge in [0.1, 0.15) is 11.8 Å². The first-order valence-electron chi connectivity index (χ1n) is 10.1. The number of aromatic nitrogens is 3. The zero-order valence-corrected chi connectivity index (χ0v) is 18.5. The minimum absolute atomic E-state index is 0.114. The van der Waals surface area contributed by atoms with Gasteiger partial charge < -0.3 is 19.9 Å². The molecule has 1 aliphatic rings. The van der Waals surface area contributed by atoms with Crippen LogP contribution >= 0.6 is 11.3 Å². The van der Waals surface area contributed by atoms with Crippen molar-refractivity contribution < 1.29 is 14.3 Å². The van der Waals surface area contributed by atoms with E-state index in [1.165, 1.54) is 11.3 Å². The molecule has 0 saturated heterocycles. The minimum Gasteiger partial charge on any atom is -0.474 e. The second-order valence-corrected chi connectivity index (χ2v) is 9.28. The van der Waals surface area contributed by atoms with E-state index in [0.29, 0.717) is 28.0 Å². The Bertz CT molecular complexity index is 1090. The molecule has 0 aromatic carbocycles. The van der Waals surface area contributed by atoms with E-state index in [-0.39, 0.29) is 30.0 Å². The molecule has 3 heterocycles. The Morgan fingerprint density at radius 2 is 2.00 bits per heavy atom. The molecule has 31 heavy (non-hydrogen) atoms. The van der Waals surface area contributed by atoms with E-state index in [4.69, 9.17) is 4.74 Å². The number of carbonyl (C=O) groups is 2. The molecule has 1 aliphatic carbocycles. The smallest absolute Gasteiger partial charge is 0.253 e. The van der Waals surface area contributed by atoms with E-state index in [0.717, 1.165) is 12.8 Å². The van der Waals surface area contributed by atoms with Crippen molar-refractivity contribution in [3.63, 3.8) is 0 Å². The lowest BCUT2D eigenvalue weighted by atomic mass is 10.1. The standard InChI is InChI=1S/C22H25N5O3S/c1-22(2,3)27-10-9-14(12-27)20(29)23-11-18(28)26-21-25-17(13-31-21)16-5-4-6-19(24-16)30-15-7-8-15/h4-6,9-10,12-13,15H,7-8,11H2,1-3H3,(H,23,29)(H,25,26,28). The third kappa shape index (κ3) is 5.49. The summed E-state index contributed by atoms with van der Waals surface area (Å²) in [5.41, 5.74) is 1.75. The Balaban J connectivity index is 1.31. The maximum atomic E-state index is 12.3. The molecular formula is C22H25N5O3S. The van der Waals surface area contributed by atoms with Gasteiger partial charge in [0.25, 0.3) is 5.91 Å². The first-order valence-corrected chi connectivity index (χ1v) is 11.0. The summed E-state index contributed by atoms with van der Waals surface area (Å²) in [6.07, 6.45) is 6.03. The van der Waals surface area contributed by atoms with Gasteiger partial charge >= 0.3 is 0 Å². The lowest BCUT2D eigenvalue weighted by Crippen LogP contribution is -2.32. The van der Waals surface area contributed by atoms with Crippen LogP contribution in [0.3, 0.4) is 0 Å². The van der Waals surface area contributed by atoms with Crippen molar-refractivity contribution in [2.75, 3.05) is 11.9 Å². The lowest BCUT2D eigenvalue weighted by molar-refractivity contribution is -0.115. The lowest BCUT2D eigenvalue weighted by Gasteiger charge is -2.20. The van der Waals surface area contributed by atoms with Gasteiger partial charge in [-0.05, 0) is 45.7 Å². The van der Waals surface area contributed by atoms with Crippen molar-refractivity contribution in [2.24, 2.45) is 0 Å². The minimum atomic E-state index is -0.344. The van der Waals surface area contributed by atoms with Crippen molar-refractivity contribution in [3.8, 4) is 17.3 Å². The number of rotatable bonds is 7.